The van der Waals surface area contributed by atoms with Crippen molar-refractivity contribution < 1.29 is 0 Å². The lowest BCUT2D eigenvalue weighted by atomic mass is 9.84. The topological polar surface area (TPSA) is 15.3 Å². The second-order valence-electron chi connectivity index (χ2n) is 8.08. The Labute approximate surface area is 124 Å². The normalized spacial score (nSPS) is 21.2. The van der Waals surface area contributed by atoms with Gasteiger partial charge in [-0.3, -0.25) is 0 Å². The molecule has 2 heteroatoms. The molecule has 1 atom stereocenters. The van der Waals surface area contributed by atoms with E-state index in [9.17, 15) is 0 Å². The summed E-state index contributed by atoms with van der Waals surface area (Å²) in [7, 11) is 4.30. The van der Waals surface area contributed by atoms with Gasteiger partial charge in [0.15, 0.2) is 0 Å². The third kappa shape index (κ3) is 3.42. The molecule has 1 aliphatic carbocycles. The van der Waals surface area contributed by atoms with Crippen molar-refractivity contribution in [3.63, 3.8) is 0 Å². The molecule has 1 aliphatic rings. The van der Waals surface area contributed by atoms with Gasteiger partial charge in [0.25, 0.3) is 0 Å². The highest BCUT2D eigenvalue weighted by Crippen LogP contribution is 2.45. The number of hydrogen-bond acceptors (Lipinski definition) is 2. The molecule has 1 N–H and O–H groups in total. The molecule has 112 valence electrons. The van der Waals surface area contributed by atoms with Crippen LogP contribution in [0.2, 0.25) is 0 Å². The van der Waals surface area contributed by atoms with Crippen LogP contribution in [0.3, 0.4) is 0 Å². The molecule has 0 saturated heterocycles. The van der Waals surface area contributed by atoms with Crippen molar-refractivity contribution >= 4 is 0 Å². The second-order valence-corrected chi connectivity index (χ2v) is 8.08. The third-order valence-electron chi connectivity index (χ3n) is 4.32. The first-order valence-corrected chi connectivity index (χ1v) is 7.67. The van der Waals surface area contributed by atoms with Crippen LogP contribution in [0.25, 0.3) is 0 Å². The first-order valence-electron chi connectivity index (χ1n) is 7.67. The Morgan fingerprint density at radius 2 is 1.90 bits per heavy atom. The van der Waals surface area contributed by atoms with Crippen LogP contribution in [0.5, 0.6) is 0 Å². The van der Waals surface area contributed by atoms with E-state index in [0.717, 1.165) is 13.1 Å². The molecule has 0 radical (unpaired) electrons. The maximum atomic E-state index is 3.85. The van der Waals surface area contributed by atoms with E-state index < -0.39 is 0 Å². The quantitative estimate of drug-likeness (QED) is 0.884. The molecule has 2 rings (SSSR count). The lowest BCUT2D eigenvalue weighted by Gasteiger charge is -2.34. The Kier molecular flexibility index (Phi) is 4.27. The minimum absolute atomic E-state index is 0.289. The van der Waals surface area contributed by atoms with E-state index in [-0.39, 0.29) is 5.41 Å². The van der Waals surface area contributed by atoms with Crippen molar-refractivity contribution in [2.45, 2.75) is 40.2 Å². The minimum atomic E-state index is 0.289. The molecule has 0 aliphatic heterocycles. The van der Waals surface area contributed by atoms with Crippen LogP contribution in [0.15, 0.2) is 24.3 Å². The summed E-state index contributed by atoms with van der Waals surface area (Å²) in [4.78, 5) is 2.27. The molecule has 0 heterocycles. The smallest absolute Gasteiger partial charge is 0.0378 e. The van der Waals surface area contributed by atoms with Gasteiger partial charge >= 0.3 is 0 Å². The fourth-order valence-corrected chi connectivity index (χ4v) is 3.67. The zero-order chi connectivity index (χ0) is 15.0. The first kappa shape index (κ1) is 15.5. The third-order valence-corrected chi connectivity index (χ3v) is 4.32. The van der Waals surface area contributed by atoms with Crippen molar-refractivity contribution in [2.75, 3.05) is 27.2 Å². The van der Waals surface area contributed by atoms with Crippen molar-refractivity contribution in [1.82, 2.24) is 10.2 Å². The molecule has 1 unspecified atom stereocenters. The Bertz CT molecular complexity index is 460. The number of nitrogens with one attached hydrogen (secondary N) is 1. The van der Waals surface area contributed by atoms with Gasteiger partial charge in [-0.15, -0.1) is 0 Å². The Morgan fingerprint density at radius 1 is 1.25 bits per heavy atom. The largest absolute Gasteiger partial charge is 0.309 e. The van der Waals surface area contributed by atoms with Crippen molar-refractivity contribution in [3.05, 3.63) is 35.4 Å². The van der Waals surface area contributed by atoms with Crippen LogP contribution in [-0.4, -0.2) is 32.1 Å². The maximum Gasteiger partial charge on any atom is 0.0378 e. The van der Waals surface area contributed by atoms with Crippen LogP contribution >= 0.6 is 0 Å². The van der Waals surface area contributed by atoms with E-state index in [1.165, 1.54) is 17.5 Å². The summed E-state index contributed by atoms with van der Waals surface area (Å²) in [6.45, 7) is 11.6. The molecule has 2 nitrogen and oxygen atoms in total. The fourth-order valence-electron chi connectivity index (χ4n) is 3.67. The van der Waals surface area contributed by atoms with Crippen LogP contribution in [-0.2, 0) is 6.42 Å². The predicted octanol–water partition coefficient (Wildman–Crippen LogP) is 3.49. The van der Waals surface area contributed by atoms with Crippen LogP contribution < -0.4 is 5.32 Å². The molecule has 0 fully saturated rings. The van der Waals surface area contributed by atoms with Gasteiger partial charge in [-0.2, -0.15) is 0 Å². The number of rotatable bonds is 5. The van der Waals surface area contributed by atoms with Crippen molar-refractivity contribution in [2.24, 2.45) is 10.8 Å². The van der Waals surface area contributed by atoms with Gasteiger partial charge in [-0.25, -0.2) is 0 Å². The van der Waals surface area contributed by atoms with E-state index in [1.807, 2.05) is 0 Å². The van der Waals surface area contributed by atoms with Gasteiger partial charge in [-0.1, -0.05) is 52.0 Å². The monoisotopic (exact) mass is 274 g/mol. The Hall–Kier alpha value is -0.860. The molecule has 1 aromatic carbocycles. The van der Waals surface area contributed by atoms with E-state index in [4.69, 9.17) is 0 Å². The second kappa shape index (κ2) is 5.50. The summed E-state index contributed by atoms with van der Waals surface area (Å²) < 4.78 is 0. The molecule has 0 aromatic heterocycles. The summed E-state index contributed by atoms with van der Waals surface area (Å²) in [5, 5.41) is 3.85. The number of nitrogens with zero attached hydrogens (tertiary/aromatic N) is 1. The van der Waals surface area contributed by atoms with Crippen LogP contribution in [0.4, 0.5) is 0 Å². The molecule has 0 saturated carbocycles. The van der Waals surface area contributed by atoms with Crippen LogP contribution in [0, 0.1) is 10.8 Å². The van der Waals surface area contributed by atoms with E-state index in [2.05, 4.69) is 76.3 Å². The van der Waals surface area contributed by atoms with Gasteiger partial charge in [0, 0.05) is 19.1 Å². The summed E-state index contributed by atoms with van der Waals surface area (Å²) in [6, 6.07) is 9.37. The van der Waals surface area contributed by atoms with Gasteiger partial charge in [0.1, 0.15) is 0 Å². The highest BCUT2D eigenvalue weighted by atomic mass is 15.1. The van der Waals surface area contributed by atoms with Gasteiger partial charge in [-0.05, 0) is 42.5 Å². The minimum Gasteiger partial charge on any atom is -0.309 e. The van der Waals surface area contributed by atoms with E-state index >= 15 is 0 Å². The van der Waals surface area contributed by atoms with E-state index in [0.29, 0.717) is 11.5 Å². The standard InChI is InChI=1S/C18H30N2/c1-17(2,13-20(5)6)12-19-16-15-10-8-7-9-14(15)11-18(16,3)4/h7-10,16,19H,11-13H2,1-6H3. The van der Waals surface area contributed by atoms with Crippen LogP contribution in [0.1, 0.15) is 44.9 Å². The molecular weight excluding hydrogens is 244 g/mol. The molecule has 0 spiro atoms. The molecule has 1 aromatic rings. The van der Waals surface area contributed by atoms with Crippen molar-refractivity contribution in [1.29, 1.82) is 0 Å². The molecular formula is C18H30N2. The maximum absolute atomic E-state index is 3.85. The predicted molar refractivity (Wildman–Crippen MR) is 87.0 cm³/mol. The highest BCUT2D eigenvalue weighted by Gasteiger charge is 2.39. The average molecular weight is 274 g/mol. The zero-order valence-corrected chi connectivity index (χ0v) is 14.0. The molecule has 0 bridgehead atoms. The summed E-state index contributed by atoms with van der Waals surface area (Å²) in [5.41, 5.74) is 3.60. The fraction of sp³-hybridized carbons (Fsp3) is 0.667. The number of hydrogen-bond donors (Lipinski definition) is 1. The number of benzene rings is 1. The SMILES string of the molecule is CN(C)CC(C)(C)CNC1c2ccccc2CC1(C)C. The van der Waals surface area contributed by atoms with Gasteiger partial charge < -0.3 is 10.2 Å². The Morgan fingerprint density at radius 3 is 2.55 bits per heavy atom. The zero-order valence-electron chi connectivity index (χ0n) is 14.0. The summed E-state index contributed by atoms with van der Waals surface area (Å²) >= 11 is 0. The van der Waals surface area contributed by atoms with Crippen molar-refractivity contribution in [3.8, 4) is 0 Å². The summed E-state index contributed by atoms with van der Waals surface area (Å²) in [5.74, 6) is 0. The number of fused-ring (bicyclic) bond motifs is 1. The molecule has 20 heavy (non-hydrogen) atoms. The molecule has 0 amide bonds. The van der Waals surface area contributed by atoms with Gasteiger partial charge in [0.05, 0.1) is 0 Å². The lowest BCUT2D eigenvalue weighted by Crippen LogP contribution is -2.41. The van der Waals surface area contributed by atoms with E-state index in [1.54, 1.807) is 0 Å². The first-order chi connectivity index (χ1) is 9.21. The lowest BCUT2D eigenvalue weighted by molar-refractivity contribution is 0.195. The summed E-state index contributed by atoms with van der Waals surface area (Å²) in [6.07, 6.45) is 1.18. The van der Waals surface area contributed by atoms with Gasteiger partial charge in [0.2, 0.25) is 0 Å². The Balaban J connectivity index is 2.09. The average Bonchev–Trinajstić information content (AvgIpc) is 2.54. The highest BCUT2D eigenvalue weighted by molar-refractivity contribution is 5.37.